The fourth-order valence-electron chi connectivity index (χ4n) is 2.81. The summed E-state index contributed by atoms with van der Waals surface area (Å²) in [7, 11) is 0. The van der Waals surface area contributed by atoms with Crippen LogP contribution in [0.25, 0.3) is 4.96 Å². The fourth-order valence-corrected chi connectivity index (χ4v) is 4.61. The molecule has 0 aliphatic heterocycles. The van der Waals surface area contributed by atoms with E-state index < -0.39 is 0 Å². The van der Waals surface area contributed by atoms with Gasteiger partial charge in [-0.3, -0.25) is 9.59 Å². The highest BCUT2D eigenvalue weighted by molar-refractivity contribution is 7.15. The van der Waals surface area contributed by atoms with Crippen LogP contribution in [0.1, 0.15) is 39.3 Å². The number of carbonyl (C=O) groups excluding carboxylic acids is 1. The molecule has 1 amide bonds. The highest BCUT2D eigenvalue weighted by Gasteiger charge is 2.21. The van der Waals surface area contributed by atoms with Gasteiger partial charge in [0.2, 0.25) is 4.96 Å². The monoisotopic (exact) mass is 346 g/mol. The average Bonchev–Trinajstić information content (AvgIpc) is 3.13. The third-order valence-corrected chi connectivity index (χ3v) is 5.88. The Morgan fingerprint density at radius 1 is 1.26 bits per heavy atom. The molecule has 0 aromatic carbocycles. The molecule has 6 nitrogen and oxygen atoms in total. The zero-order valence-corrected chi connectivity index (χ0v) is 14.1. The minimum absolute atomic E-state index is 0.115. The van der Waals surface area contributed by atoms with E-state index in [1.807, 2.05) is 0 Å². The van der Waals surface area contributed by atoms with Crippen LogP contribution >= 0.6 is 22.7 Å². The molecule has 3 heterocycles. The first-order valence-corrected chi connectivity index (χ1v) is 9.15. The molecule has 23 heavy (non-hydrogen) atoms. The predicted molar refractivity (Wildman–Crippen MR) is 90.8 cm³/mol. The number of nitrogens with zero attached hydrogens (tertiary/aromatic N) is 3. The topological polar surface area (TPSA) is 76.4 Å². The molecule has 4 rings (SSSR count). The SMILES string of the molecule is Cc1nn2c(NC(=O)c3scc4c3CCCC4)csc2nc1=O. The molecule has 0 unspecified atom stereocenters. The second kappa shape index (κ2) is 5.54. The van der Waals surface area contributed by atoms with E-state index in [0.717, 1.165) is 24.1 Å². The van der Waals surface area contributed by atoms with Crippen molar-refractivity contribution < 1.29 is 4.79 Å². The van der Waals surface area contributed by atoms with Gasteiger partial charge in [0, 0.05) is 5.38 Å². The van der Waals surface area contributed by atoms with Crippen molar-refractivity contribution in [2.24, 2.45) is 0 Å². The number of amides is 1. The first-order valence-electron chi connectivity index (χ1n) is 7.39. The number of aryl methyl sites for hydroxylation is 2. The number of thiophene rings is 1. The van der Waals surface area contributed by atoms with E-state index in [4.69, 9.17) is 0 Å². The Hall–Kier alpha value is -2.06. The van der Waals surface area contributed by atoms with Gasteiger partial charge in [0.15, 0.2) is 0 Å². The lowest BCUT2D eigenvalue weighted by molar-refractivity contribution is 0.102. The third kappa shape index (κ3) is 2.47. The lowest BCUT2D eigenvalue weighted by Crippen LogP contribution is -2.18. The highest BCUT2D eigenvalue weighted by Crippen LogP contribution is 2.30. The van der Waals surface area contributed by atoms with E-state index in [1.165, 1.54) is 44.7 Å². The van der Waals surface area contributed by atoms with Crippen molar-refractivity contribution in [3.63, 3.8) is 0 Å². The zero-order chi connectivity index (χ0) is 16.0. The van der Waals surface area contributed by atoms with Crippen LogP contribution in [0.3, 0.4) is 0 Å². The second-order valence-electron chi connectivity index (χ2n) is 5.55. The Bertz CT molecular complexity index is 970. The fraction of sp³-hybridized carbons (Fsp3) is 0.333. The van der Waals surface area contributed by atoms with Crippen molar-refractivity contribution in [3.8, 4) is 0 Å². The Labute approximate surface area is 139 Å². The number of carbonyl (C=O) groups is 1. The summed E-state index contributed by atoms with van der Waals surface area (Å²) in [5.41, 5.74) is 2.47. The van der Waals surface area contributed by atoms with Gasteiger partial charge in [-0.15, -0.1) is 22.7 Å². The molecule has 118 valence electrons. The van der Waals surface area contributed by atoms with Crippen LogP contribution in [-0.2, 0) is 12.8 Å². The van der Waals surface area contributed by atoms with Crippen LogP contribution in [0.15, 0.2) is 15.6 Å². The van der Waals surface area contributed by atoms with Gasteiger partial charge in [-0.2, -0.15) is 14.6 Å². The Morgan fingerprint density at radius 2 is 2.09 bits per heavy atom. The van der Waals surface area contributed by atoms with Crippen molar-refractivity contribution >= 4 is 39.4 Å². The van der Waals surface area contributed by atoms with Crippen molar-refractivity contribution in [1.82, 2.24) is 14.6 Å². The number of aromatic nitrogens is 3. The lowest BCUT2D eigenvalue weighted by atomic mass is 9.94. The van der Waals surface area contributed by atoms with Crippen molar-refractivity contribution in [1.29, 1.82) is 0 Å². The standard InChI is InChI=1S/C15H14N4O2S2/c1-8-13(20)17-15-19(18-8)11(7-23-15)16-14(21)12-10-5-3-2-4-9(10)6-22-12/h6-7H,2-5H2,1H3,(H,16,21). The number of fused-ring (bicyclic) bond motifs is 2. The van der Waals surface area contributed by atoms with Crippen LogP contribution in [0, 0.1) is 6.92 Å². The first-order chi connectivity index (χ1) is 11.1. The minimum Gasteiger partial charge on any atom is -0.305 e. The summed E-state index contributed by atoms with van der Waals surface area (Å²) < 4.78 is 1.51. The van der Waals surface area contributed by atoms with Crippen LogP contribution < -0.4 is 10.9 Å². The minimum atomic E-state index is -0.336. The molecule has 0 fully saturated rings. The molecule has 0 radical (unpaired) electrons. The summed E-state index contributed by atoms with van der Waals surface area (Å²) in [5, 5.41) is 11.0. The maximum Gasteiger partial charge on any atom is 0.295 e. The Balaban J connectivity index is 1.68. The van der Waals surface area contributed by atoms with Crippen LogP contribution in [0.2, 0.25) is 0 Å². The van der Waals surface area contributed by atoms with Crippen molar-refractivity contribution in [3.05, 3.63) is 42.8 Å². The van der Waals surface area contributed by atoms with Gasteiger partial charge in [0.25, 0.3) is 11.5 Å². The largest absolute Gasteiger partial charge is 0.305 e. The molecule has 0 atom stereocenters. The summed E-state index contributed by atoms with van der Waals surface area (Å²) in [6.07, 6.45) is 4.36. The van der Waals surface area contributed by atoms with Crippen molar-refractivity contribution in [2.75, 3.05) is 5.32 Å². The number of nitrogens with one attached hydrogen (secondary N) is 1. The summed E-state index contributed by atoms with van der Waals surface area (Å²) in [5.74, 6) is 0.430. The quantitative estimate of drug-likeness (QED) is 0.774. The van der Waals surface area contributed by atoms with Gasteiger partial charge in [0.1, 0.15) is 11.5 Å². The third-order valence-electron chi connectivity index (χ3n) is 3.99. The number of anilines is 1. The van der Waals surface area contributed by atoms with Crippen LogP contribution in [0.5, 0.6) is 0 Å². The molecule has 0 saturated carbocycles. The number of hydrogen-bond donors (Lipinski definition) is 1. The number of hydrogen-bond acceptors (Lipinski definition) is 6. The molecule has 0 spiro atoms. The van der Waals surface area contributed by atoms with Gasteiger partial charge in [-0.1, -0.05) is 0 Å². The highest BCUT2D eigenvalue weighted by atomic mass is 32.1. The molecule has 1 aliphatic carbocycles. The normalized spacial score (nSPS) is 14.0. The maximum atomic E-state index is 12.6. The second-order valence-corrected chi connectivity index (χ2v) is 7.26. The molecule has 3 aromatic rings. The van der Waals surface area contributed by atoms with E-state index in [1.54, 1.807) is 12.3 Å². The summed E-state index contributed by atoms with van der Waals surface area (Å²) in [6.45, 7) is 1.61. The van der Waals surface area contributed by atoms with Gasteiger partial charge < -0.3 is 5.32 Å². The molecule has 0 bridgehead atoms. The summed E-state index contributed by atoms with van der Waals surface area (Å²) in [6, 6.07) is 0. The van der Waals surface area contributed by atoms with E-state index in [9.17, 15) is 9.59 Å². The predicted octanol–water partition coefficient (Wildman–Crippen LogP) is 2.65. The molecule has 1 aliphatic rings. The van der Waals surface area contributed by atoms with Crippen LogP contribution in [-0.4, -0.2) is 20.5 Å². The average molecular weight is 346 g/mol. The maximum absolute atomic E-state index is 12.6. The van der Waals surface area contributed by atoms with E-state index >= 15 is 0 Å². The smallest absolute Gasteiger partial charge is 0.295 e. The molecule has 1 N–H and O–H groups in total. The van der Waals surface area contributed by atoms with Gasteiger partial charge in [0.05, 0.1) is 4.88 Å². The summed E-state index contributed by atoms with van der Waals surface area (Å²) in [4.78, 5) is 29.4. The van der Waals surface area contributed by atoms with Crippen molar-refractivity contribution in [2.45, 2.75) is 32.6 Å². The van der Waals surface area contributed by atoms with Gasteiger partial charge in [-0.05, 0) is 49.1 Å². The molecule has 3 aromatic heterocycles. The lowest BCUT2D eigenvalue weighted by Gasteiger charge is -2.12. The Kier molecular flexibility index (Phi) is 3.50. The van der Waals surface area contributed by atoms with Gasteiger partial charge >= 0.3 is 0 Å². The molecular formula is C15H14N4O2S2. The van der Waals surface area contributed by atoms with E-state index in [0.29, 0.717) is 16.5 Å². The zero-order valence-electron chi connectivity index (χ0n) is 12.5. The van der Waals surface area contributed by atoms with Gasteiger partial charge in [-0.25, -0.2) is 0 Å². The first kappa shape index (κ1) is 14.5. The Morgan fingerprint density at radius 3 is 2.96 bits per heavy atom. The number of rotatable bonds is 2. The van der Waals surface area contributed by atoms with E-state index in [-0.39, 0.29) is 11.5 Å². The van der Waals surface area contributed by atoms with Crippen LogP contribution in [0.4, 0.5) is 5.82 Å². The molecule has 0 saturated heterocycles. The molecule has 8 heteroatoms. The molecular weight excluding hydrogens is 332 g/mol. The summed E-state index contributed by atoms with van der Waals surface area (Å²) >= 11 is 2.79. The number of thiazole rings is 1. The van der Waals surface area contributed by atoms with E-state index in [2.05, 4.69) is 20.8 Å².